The Morgan fingerprint density at radius 1 is 1.53 bits per heavy atom. The molecule has 0 aromatic heterocycles. The number of nitrogens with one attached hydrogen (secondary N) is 1. The molecular formula is C7H16N2O5S. The lowest BCUT2D eigenvalue weighted by molar-refractivity contribution is -0.137. The lowest BCUT2D eigenvalue weighted by atomic mass is 10.4. The van der Waals surface area contributed by atoms with E-state index in [-0.39, 0.29) is 26.1 Å². The number of carboxylic acids is 1. The third-order valence-corrected chi connectivity index (χ3v) is 3.21. The number of hydrogen-bond acceptors (Lipinski definition) is 4. The second-order valence-electron chi connectivity index (χ2n) is 2.86. The number of nitrogens with zero attached hydrogens (tertiary/aromatic N) is 1. The molecule has 0 unspecified atom stereocenters. The summed E-state index contributed by atoms with van der Waals surface area (Å²) in [6.07, 6.45) is -0.221. The molecule has 0 saturated carbocycles. The van der Waals surface area contributed by atoms with E-state index >= 15 is 0 Å². The molecule has 0 spiro atoms. The molecule has 15 heavy (non-hydrogen) atoms. The number of ether oxygens (including phenoxy) is 1. The summed E-state index contributed by atoms with van der Waals surface area (Å²) >= 11 is 0. The van der Waals surface area contributed by atoms with Crippen LogP contribution in [-0.2, 0) is 19.7 Å². The van der Waals surface area contributed by atoms with Gasteiger partial charge in [0.2, 0.25) is 0 Å². The molecule has 0 saturated heterocycles. The smallest absolute Gasteiger partial charge is 0.304 e. The Bertz CT molecular complexity index is 290. The Morgan fingerprint density at radius 2 is 2.13 bits per heavy atom. The van der Waals surface area contributed by atoms with Gasteiger partial charge in [-0.1, -0.05) is 0 Å². The summed E-state index contributed by atoms with van der Waals surface area (Å²) in [5, 5.41) is 8.38. The summed E-state index contributed by atoms with van der Waals surface area (Å²) in [6.45, 7) is 0.375. The Labute approximate surface area is 89.2 Å². The van der Waals surface area contributed by atoms with Crippen molar-refractivity contribution < 1.29 is 23.1 Å². The van der Waals surface area contributed by atoms with Crippen LogP contribution >= 0.6 is 0 Å². The number of carbonyl (C=O) groups is 1. The van der Waals surface area contributed by atoms with Crippen molar-refractivity contribution in [2.75, 3.05) is 33.9 Å². The Hall–Kier alpha value is -0.700. The number of aliphatic carboxylic acids is 1. The summed E-state index contributed by atoms with van der Waals surface area (Å²) < 4.78 is 30.7. The highest BCUT2D eigenvalue weighted by atomic mass is 32.2. The van der Waals surface area contributed by atoms with Gasteiger partial charge in [-0.3, -0.25) is 4.79 Å². The summed E-state index contributed by atoms with van der Waals surface area (Å²) in [4.78, 5) is 10.2. The Balaban J connectivity index is 4.03. The molecule has 0 bridgehead atoms. The largest absolute Gasteiger partial charge is 0.481 e. The van der Waals surface area contributed by atoms with Crippen LogP contribution in [0.1, 0.15) is 6.42 Å². The van der Waals surface area contributed by atoms with Crippen LogP contribution in [0.15, 0.2) is 0 Å². The van der Waals surface area contributed by atoms with E-state index in [0.717, 1.165) is 4.31 Å². The topological polar surface area (TPSA) is 95.9 Å². The van der Waals surface area contributed by atoms with Crippen LogP contribution in [0.5, 0.6) is 0 Å². The summed E-state index contributed by atoms with van der Waals surface area (Å²) in [6, 6.07) is 0. The predicted octanol–water partition coefficient (Wildman–Crippen LogP) is -1.13. The molecular weight excluding hydrogens is 224 g/mol. The molecule has 90 valence electrons. The summed E-state index contributed by atoms with van der Waals surface area (Å²) in [7, 11) is -0.810. The minimum atomic E-state index is -3.59. The van der Waals surface area contributed by atoms with Crippen molar-refractivity contribution >= 4 is 16.2 Å². The second-order valence-corrected chi connectivity index (χ2v) is 4.72. The number of methoxy groups -OCH3 is 1. The van der Waals surface area contributed by atoms with Gasteiger partial charge in [-0.25, -0.2) is 0 Å². The van der Waals surface area contributed by atoms with Gasteiger partial charge in [0.15, 0.2) is 0 Å². The molecule has 0 aliphatic carbocycles. The molecule has 0 aromatic rings. The maximum absolute atomic E-state index is 11.4. The average Bonchev–Trinajstić information content (AvgIpc) is 2.14. The zero-order chi connectivity index (χ0) is 11.9. The highest BCUT2D eigenvalue weighted by Crippen LogP contribution is 1.95. The van der Waals surface area contributed by atoms with Gasteiger partial charge in [-0.15, -0.1) is 0 Å². The number of carboxylic acid groups (broad SMARTS) is 1. The first-order valence-electron chi connectivity index (χ1n) is 4.32. The van der Waals surface area contributed by atoms with E-state index < -0.39 is 16.2 Å². The van der Waals surface area contributed by atoms with Gasteiger partial charge in [-0.2, -0.15) is 17.4 Å². The van der Waals surface area contributed by atoms with Crippen LogP contribution in [0, 0.1) is 0 Å². The van der Waals surface area contributed by atoms with E-state index in [1.807, 2.05) is 0 Å². The fourth-order valence-corrected chi connectivity index (χ4v) is 1.65. The van der Waals surface area contributed by atoms with E-state index in [9.17, 15) is 13.2 Å². The van der Waals surface area contributed by atoms with Gasteiger partial charge >= 0.3 is 5.97 Å². The Morgan fingerprint density at radius 3 is 2.60 bits per heavy atom. The van der Waals surface area contributed by atoms with Gasteiger partial charge in [0.25, 0.3) is 10.2 Å². The van der Waals surface area contributed by atoms with Crippen LogP contribution in [0.25, 0.3) is 0 Å². The van der Waals surface area contributed by atoms with Gasteiger partial charge < -0.3 is 9.84 Å². The third kappa shape index (κ3) is 6.39. The highest BCUT2D eigenvalue weighted by Gasteiger charge is 2.17. The summed E-state index contributed by atoms with van der Waals surface area (Å²) in [5.41, 5.74) is 0. The second kappa shape index (κ2) is 6.72. The lowest BCUT2D eigenvalue weighted by Gasteiger charge is -2.16. The molecule has 0 atom stereocenters. The minimum Gasteiger partial charge on any atom is -0.481 e. The average molecular weight is 240 g/mol. The van der Waals surface area contributed by atoms with Crippen LogP contribution in [0.2, 0.25) is 0 Å². The summed E-state index contributed by atoms with van der Waals surface area (Å²) in [5.74, 6) is -1.03. The van der Waals surface area contributed by atoms with Crippen molar-refractivity contribution in [2.24, 2.45) is 0 Å². The first-order chi connectivity index (χ1) is 6.90. The zero-order valence-electron chi connectivity index (χ0n) is 8.76. The minimum absolute atomic E-state index is 0.0579. The van der Waals surface area contributed by atoms with Crippen LogP contribution in [-0.4, -0.2) is 57.7 Å². The molecule has 2 N–H and O–H groups in total. The van der Waals surface area contributed by atoms with Crippen molar-refractivity contribution in [3.63, 3.8) is 0 Å². The standard InChI is InChI=1S/C7H16N2O5S/c1-9(5-3-7(10)11)15(12,13)8-4-6-14-2/h8H,3-6H2,1-2H3,(H,10,11). The zero-order valence-corrected chi connectivity index (χ0v) is 9.58. The Kier molecular flexibility index (Phi) is 6.41. The lowest BCUT2D eigenvalue weighted by Crippen LogP contribution is -2.40. The molecule has 0 aromatic carbocycles. The van der Waals surface area contributed by atoms with Gasteiger partial charge in [0.05, 0.1) is 13.0 Å². The van der Waals surface area contributed by atoms with Crippen LogP contribution in [0.3, 0.4) is 0 Å². The molecule has 0 rings (SSSR count). The number of hydrogen-bond donors (Lipinski definition) is 2. The van der Waals surface area contributed by atoms with Crippen molar-refractivity contribution in [1.82, 2.24) is 9.03 Å². The fourth-order valence-electron chi connectivity index (χ4n) is 0.756. The normalized spacial score (nSPS) is 11.9. The molecule has 0 radical (unpaired) electrons. The van der Waals surface area contributed by atoms with E-state index in [4.69, 9.17) is 5.11 Å². The maximum atomic E-state index is 11.4. The molecule has 0 aliphatic rings. The van der Waals surface area contributed by atoms with Crippen molar-refractivity contribution in [1.29, 1.82) is 0 Å². The third-order valence-electron chi connectivity index (χ3n) is 1.64. The number of rotatable bonds is 8. The maximum Gasteiger partial charge on any atom is 0.304 e. The molecule has 8 heteroatoms. The highest BCUT2D eigenvalue weighted by molar-refractivity contribution is 7.87. The van der Waals surface area contributed by atoms with E-state index in [1.165, 1.54) is 14.2 Å². The predicted molar refractivity (Wildman–Crippen MR) is 53.7 cm³/mol. The van der Waals surface area contributed by atoms with Crippen LogP contribution < -0.4 is 4.72 Å². The molecule has 0 aliphatic heterocycles. The van der Waals surface area contributed by atoms with Crippen molar-refractivity contribution in [2.45, 2.75) is 6.42 Å². The quantitative estimate of drug-likeness (QED) is 0.524. The molecule has 7 nitrogen and oxygen atoms in total. The first-order valence-corrected chi connectivity index (χ1v) is 5.76. The van der Waals surface area contributed by atoms with Crippen molar-refractivity contribution in [3.8, 4) is 0 Å². The fraction of sp³-hybridized carbons (Fsp3) is 0.857. The molecule has 0 fully saturated rings. The molecule has 0 heterocycles. The van der Waals surface area contributed by atoms with E-state index in [1.54, 1.807) is 0 Å². The van der Waals surface area contributed by atoms with E-state index in [0.29, 0.717) is 0 Å². The monoisotopic (exact) mass is 240 g/mol. The van der Waals surface area contributed by atoms with E-state index in [2.05, 4.69) is 9.46 Å². The van der Waals surface area contributed by atoms with Crippen LogP contribution in [0.4, 0.5) is 0 Å². The van der Waals surface area contributed by atoms with Crippen molar-refractivity contribution in [3.05, 3.63) is 0 Å². The van der Waals surface area contributed by atoms with Gasteiger partial charge in [0.1, 0.15) is 0 Å². The SMILES string of the molecule is COCCNS(=O)(=O)N(C)CCC(=O)O. The molecule has 0 amide bonds. The van der Waals surface area contributed by atoms with Gasteiger partial charge in [-0.05, 0) is 0 Å². The van der Waals surface area contributed by atoms with Gasteiger partial charge in [0, 0.05) is 27.2 Å². The first kappa shape index (κ1) is 14.3.